The van der Waals surface area contributed by atoms with E-state index in [9.17, 15) is 8.42 Å². The molecule has 1 atom stereocenters. The first-order valence-corrected chi connectivity index (χ1v) is 11.0. The zero-order chi connectivity index (χ0) is 18.2. The van der Waals surface area contributed by atoms with E-state index in [1.807, 2.05) is 41.9 Å². The Bertz CT molecular complexity index is 857. The van der Waals surface area contributed by atoms with Gasteiger partial charge in [0.05, 0.1) is 5.75 Å². The highest BCUT2D eigenvalue weighted by atomic mass is 32.2. The van der Waals surface area contributed by atoms with Crippen molar-refractivity contribution in [3.05, 3.63) is 48.0 Å². The van der Waals surface area contributed by atoms with Gasteiger partial charge in [0, 0.05) is 26.1 Å². The molecule has 1 spiro atoms. The Morgan fingerprint density at radius 2 is 1.88 bits per heavy atom. The van der Waals surface area contributed by atoms with Crippen LogP contribution in [-0.4, -0.2) is 40.6 Å². The van der Waals surface area contributed by atoms with Crippen LogP contribution in [0.1, 0.15) is 49.4 Å². The number of benzene rings is 1. The number of hydrogen-bond donors (Lipinski definition) is 0. The van der Waals surface area contributed by atoms with Crippen LogP contribution < -0.4 is 0 Å². The first-order valence-electron chi connectivity index (χ1n) is 9.36. The molecule has 1 saturated carbocycles. The maximum Gasteiger partial charge on any atom is 0.218 e. The molecule has 1 aliphatic carbocycles. The first kappa shape index (κ1) is 17.7. The van der Waals surface area contributed by atoms with Crippen molar-refractivity contribution in [3.63, 3.8) is 0 Å². The lowest BCUT2D eigenvalue weighted by atomic mass is 9.67. The van der Waals surface area contributed by atoms with E-state index in [4.69, 9.17) is 0 Å². The molecule has 0 bridgehead atoms. The second-order valence-corrected chi connectivity index (χ2v) is 9.78. The minimum absolute atomic E-state index is 0.00278. The third-order valence-electron chi connectivity index (χ3n) is 6.11. The maximum absolute atomic E-state index is 13.1. The second-order valence-electron chi connectivity index (χ2n) is 7.81. The molecule has 7 heteroatoms. The predicted molar refractivity (Wildman–Crippen MR) is 99.9 cm³/mol. The number of hydrogen-bond acceptors (Lipinski definition) is 4. The smallest absolute Gasteiger partial charge is 0.218 e. The van der Waals surface area contributed by atoms with Crippen molar-refractivity contribution in [2.24, 2.45) is 12.5 Å². The van der Waals surface area contributed by atoms with Crippen LogP contribution in [0.3, 0.4) is 0 Å². The van der Waals surface area contributed by atoms with Crippen LogP contribution >= 0.6 is 0 Å². The zero-order valence-corrected chi connectivity index (χ0v) is 16.0. The molecule has 2 aromatic rings. The van der Waals surface area contributed by atoms with E-state index >= 15 is 0 Å². The van der Waals surface area contributed by atoms with E-state index in [2.05, 4.69) is 10.2 Å². The van der Waals surface area contributed by atoms with Gasteiger partial charge < -0.3 is 4.57 Å². The van der Waals surface area contributed by atoms with Crippen molar-refractivity contribution in [2.75, 3.05) is 13.1 Å². The van der Waals surface area contributed by atoms with Gasteiger partial charge in [-0.2, -0.15) is 0 Å². The molecular weight excluding hydrogens is 348 g/mol. The van der Waals surface area contributed by atoms with E-state index in [1.54, 1.807) is 10.6 Å². The molecule has 6 nitrogen and oxygen atoms in total. The van der Waals surface area contributed by atoms with Gasteiger partial charge >= 0.3 is 0 Å². The summed E-state index contributed by atoms with van der Waals surface area (Å²) in [5, 5.41) is 8.38. The van der Waals surface area contributed by atoms with Gasteiger partial charge in [0.2, 0.25) is 10.0 Å². The van der Waals surface area contributed by atoms with E-state index in [0.717, 1.165) is 24.2 Å². The Balaban J connectivity index is 1.63. The van der Waals surface area contributed by atoms with Crippen LogP contribution in [0, 0.1) is 5.41 Å². The summed E-state index contributed by atoms with van der Waals surface area (Å²) in [5.74, 6) is 1.11. The van der Waals surface area contributed by atoms with Crippen molar-refractivity contribution >= 4 is 10.0 Å². The van der Waals surface area contributed by atoms with Crippen molar-refractivity contribution in [3.8, 4) is 0 Å². The summed E-state index contributed by atoms with van der Waals surface area (Å²) >= 11 is 0. The van der Waals surface area contributed by atoms with Crippen LogP contribution in [-0.2, 0) is 22.8 Å². The normalized spacial score (nSPS) is 23.5. The van der Waals surface area contributed by atoms with Crippen LogP contribution in [0.5, 0.6) is 0 Å². The van der Waals surface area contributed by atoms with Crippen LogP contribution in [0.2, 0.25) is 0 Å². The Morgan fingerprint density at radius 1 is 1.15 bits per heavy atom. The van der Waals surface area contributed by atoms with Gasteiger partial charge in [0.1, 0.15) is 12.2 Å². The molecule has 140 valence electrons. The molecule has 0 amide bonds. The molecular formula is C19H26N4O2S. The Hall–Kier alpha value is -1.73. The average molecular weight is 375 g/mol. The molecule has 4 rings (SSSR count). The van der Waals surface area contributed by atoms with Crippen LogP contribution in [0.25, 0.3) is 0 Å². The van der Waals surface area contributed by atoms with Gasteiger partial charge in [0.25, 0.3) is 0 Å². The molecule has 2 fully saturated rings. The highest BCUT2D eigenvalue weighted by Crippen LogP contribution is 2.52. The van der Waals surface area contributed by atoms with E-state index in [0.29, 0.717) is 13.1 Å². The first-order chi connectivity index (χ1) is 12.5. The van der Waals surface area contributed by atoms with Gasteiger partial charge in [-0.1, -0.05) is 49.6 Å². The van der Waals surface area contributed by atoms with Crippen LogP contribution in [0.4, 0.5) is 0 Å². The minimum Gasteiger partial charge on any atom is -0.320 e. The van der Waals surface area contributed by atoms with Gasteiger partial charge in [-0.3, -0.25) is 0 Å². The number of aromatic nitrogens is 3. The quantitative estimate of drug-likeness (QED) is 0.825. The van der Waals surface area contributed by atoms with E-state index < -0.39 is 10.0 Å². The molecule has 2 aliphatic rings. The van der Waals surface area contributed by atoms with Gasteiger partial charge in [-0.25, -0.2) is 12.7 Å². The van der Waals surface area contributed by atoms with Crippen molar-refractivity contribution < 1.29 is 8.42 Å². The molecule has 1 unspecified atom stereocenters. The fourth-order valence-electron chi connectivity index (χ4n) is 4.74. The fraction of sp³-hybridized carbons (Fsp3) is 0.579. The van der Waals surface area contributed by atoms with Gasteiger partial charge in [0.15, 0.2) is 0 Å². The average Bonchev–Trinajstić information content (AvgIpc) is 3.20. The van der Waals surface area contributed by atoms with E-state index in [1.165, 1.54) is 19.3 Å². The number of aryl methyl sites for hydroxylation is 1. The number of nitrogens with zero attached hydrogens (tertiary/aromatic N) is 4. The molecule has 2 heterocycles. The second kappa shape index (κ2) is 6.78. The molecule has 1 aliphatic heterocycles. The molecule has 1 saturated heterocycles. The molecule has 0 N–H and O–H groups in total. The van der Waals surface area contributed by atoms with Gasteiger partial charge in [-0.05, 0) is 23.8 Å². The predicted octanol–water partition coefficient (Wildman–Crippen LogP) is 2.69. The summed E-state index contributed by atoms with van der Waals surface area (Å²) in [4.78, 5) is 0. The minimum atomic E-state index is -3.35. The molecule has 1 aromatic heterocycles. The molecule has 26 heavy (non-hydrogen) atoms. The summed E-state index contributed by atoms with van der Waals surface area (Å²) in [6.07, 6.45) is 7.43. The highest BCUT2D eigenvalue weighted by Gasteiger charge is 2.51. The third kappa shape index (κ3) is 3.18. The Labute approximate surface area is 155 Å². The van der Waals surface area contributed by atoms with Crippen LogP contribution in [0.15, 0.2) is 36.7 Å². The Kier molecular flexibility index (Phi) is 4.61. The standard InChI is InChI=1S/C19H26N4O2S/c1-22-15-20-21-18(22)17-12-23(14-19(17)10-6-3-7-11-19)26(24,25)13-16-8-4-2-5-9-16/h2,4-5,8-9,15,17H,3,6-7,10-14H2,1H3. The van der Waals surface area contributed by atoms with Crippen molar-refractivity contribution in [1.29, 1.82) is 0 Å². The fourth-order valence-corrected chi connectivity index (χ4v) is 6.36. The monoisotopic (exact) mass is 374 g/mol. The summed E-state index contributed by atoms with van der Waals surface area (Å²) in [5.41, 5.74) is 0.843. The summed E-state index contributed by atoms with van der Waals surface area (Å²) < 4.78 is 29.9. The van der Waals surface area contributed by atoms with Crippen molar-refractivity contribution in [1.82, 2.24) is 19.1 Å². The molecule has 0 radical (unpaired) electrons. The lowest BCUT2D eigenvalue weighted by molar-refractivity contribution is 0.177. The van der Waals surface area contributed by atoms with E-state index in [-0.39, 0.29) is 17.1 Å². The maximum atomic E-state index is 13.1. The van der Waals surface area contributed by atoms with Crippen molar-refractivity contribution in [2.45, 2.75) is 43.8 Å². The summed E-state index contributed by atoms with van der Waals surface area (Å²) in [6, 6.07) is 9.45. The number of sulfonamides is 1. The SMILES string of the molecule is Cn1cnnc1C1CN(S(=O)(=O)Cc2ccccc2)CC12CCCCC2. The summed E-state index contributed by atoms with van der Waals surface area (Å²) in [6.45, 7) is 1.13. The Morgan fingerprint density at radius 3 is 2.54 bits per heavy atom. The zero-order valence-electron chi connectivity index (χ0n) is 15.2. The molecule has 1 aromatic carbocycles. The highest BCUT2D eigenvalue weighted by molar-refractivity contribution is 7.88. The topological polar surface area (TPSA) is 68.1 Å². The van der Waals surface area contributed by atoms with Gasteiger partial charge in [-0.15, -0.1) is 10.2 Å². The lowest BCUT2D eigenvalue weighted by Gasteiger charge is -2.37. The summed E-state index contributed by atoms with van der Waals surface area (Å²) in [7, 11) is -1.40. The number of rotatable bonds is 4. The largest absolute Gasteiger partial charge is 0.320 e. The lowest BCUT2D eigenvalue weighted by Crippen LogP contribution is -2.35. The third-order valence-corrected chi connectivity index (χ3v) is 7.87.